The first kappa shape index (κ1) is 20.6. The molecule has 2 amide bonds. The molecule has 4 aliphatic rings. The molecule has 29 heavy (non-hydrogen) atoms. The van der Waals surface area contributed by atoms with Crippen molar-refractivity contribution < 1.29 is 18.0 Å². The molecule has 0 saturated heterocycles. The van der Waals surface area contributed by atoms with Crippen molar-refractivity contribution in [3.63, 3.8) is 0 Å². The molecule has 0 unspecified atom stereocenters. The maximum atomic E-state index is 12.9. The molecule has 0 aliphatic heterocycles. The number of benzene rings is 1. The molecule has 4 bridgehead atoms. The van der Waals surface area contributed by atoms with E-state index in [-0.39, 0.29) is 16.2 Å². The van der Waals surface area contributed by atoms with E-state index in [1.807, 2.05) is 0 Å². The van der Waals surface area contributed by atoms with Gasteiger partial charge in [0.25, 0.3) is 5.91 Å². The van der Waals surface area contributed by atoms with Gasteiger partial charge in [-0.2, -0.15) is 4.31 Å². The Morgan fingerprint density at radius 3 is 2.07 bits per heavy atom. The second-order valence-corrected chi connectivity index (χ2v) is 11.4. The number of nitrogens with zero attached hydrogens (tertiary/aromatic N) is 1. The summed E-state index contributed by atoms with van der Waals surface area (Å²) < 4.78 is 26.1. The molecule has 0 aromatic heterocycles. The minimum atomic E-state index is -3.83. The number of carbonyl (C=O) groups excluding carboxylic acids is 2. The third kappa shape index (κ3) is 4.02. The average Bonchev–Trinajstić information content (AvgIpc) is 2.65. The van der Waals surface area contributed by atoms with Crippen LogP contribution < -0.4 is 10.9 Å². The van der Waals surface area contributed by atoms with Crippen LogP contribution in [0.1, 0.15) is 38.5 Å². The lowest BCUT2D eigenvalue weighted by atomic mass is 9.49. The molecule has 158 valence electrons. The van der Waals surface area contributed by atoms with Crippen molar-refractivity contribution in [2.24, 2.45) is 23.2 Å². The van der Waals surface area contributed by atoms with Crippen LogP contribution in [-0.2, 0) is 19.6 Å². The van der Waals surface area contributed by atoms with Crippen LogP contribution in [0.5, 0.6) is 0 Å². The summed E-state index contributed by atoms with van der Waals surface area (Å²) in [4.78, 5) is 25.2. The highest BCUT2D eigenvalue weighted by Crippen LogP contribution is 2.60. The zero-order valence-corrected chi connectivity index (χ0v) is 17.9. The molecule has 1 aromatic carbocycles. The number of nitrogens with one attached hydrogen (secondary N) is 2. The molecule has 7 nitrogen and oxygen atoms in total. The normalized spacial score (nSPS) is 30.4. The minimum absolute atomic E-state index is 0.0507. The summed E-state index contributed by atoms with van der Waals surface area (Å²) >= 11 is 5.80. The van der Waals surface area contributed by atoms with Gasteiger partial charge in [-0.05, 0) is 80.5 Å². The Morgan fingerprint density at radius 2 is 1.55 bits per heavy atom. The van der Waals surface area contributed by atoms with Crippen molar-refractivity contribution in [1.82, 2.24) is 15.2 Å². The Balaban J connectivity index is 1.33. The molecular formula is C20H26ClN3O4S. The number of carbonyl (C=O) groups is 2. The van der Waals surface area contributed by atoms with Gasteiger partial charge in [-0.1, -0.05) is 11.6 Å². The summed E-state index contributed by atoms with van der Waals surface area (Å²) in [6.07, 6.45) is 6.37. The Labute approximate surface area is 176 Å². The fourth-order valence-electron chi connectivity index (χ4n) is 5.76. The molecule has 9 heteroatoms. The van der Waals surface area contributed by atoms with Crippen LogP contribution >= 0.6 is 11.6 Å². The highest BCUT2D eigenvalue weighted by molar-refractivity contribution is 7.89. The first-order chi connectivity index (χ1) is 13.7. The molecule has 4 fully saturated rings. The molecular weight excluding hydrogens is 414 g/mol. The molecule has 4 saturated carbocycles. The van der Waals surface area contributed by atoms with E-state index < -0.39 is 22.5 Å². The van der Waals surface area contributed by atoms with Crippen LogP contribution in [0, 0.1) is 23.2 Å². The maximum absolute atomic E-state index is 12.9. The standard InChI is InChI=1S/C20H26ClN3O4S/c1-24(29(27,28)17-4-2-16(21)3-5-17)12-18(25)22-23-19(26)20-9-13-6-14(10-20)8-15(7-13)11-20/h2-5,13-15H,6-12H2,1H3,(H,22,25)(H,23,26). The van der Waals surface area contributed by atoms with Gasteiger partial charge >= 0.3 is 0 Å². The highest BCUT2D eigenvalue weighted by Gasteiger charge is 2.54. The van der Waals surface area contributed by atoms with E-state index in [2.05, 4.69) is 10.9 Å². The minimum Gasteiger partial charge on any atom is -0.273 e. The van der Waals surface area contributed by atoms with E-state index in [0.717, 1.165) is 23.6 Å². The number of halogens is 1. The Kier molecular flexibility index (Phi) is 5.38. The van der Waals surface area contributed by atoms with Crippen molar-refractivity contribution in [2.45, 2.75) is 43.4 Å². The molecule has 1 aromatic rings. The first-order valence-electron chi connectivity index (χ1n) is 9.99. The highest BCUT2D eigenvalue weighted by atomic mass is 35.5. The summed E-state index contributed by atoms with van der Waals surface area (Å²) in [6.45, 7) is -0.397. The number of sulfonamides is 1. The van der Waals surface area contributed by atoms with Crippen molar-refractivity contribution in [3.8, 4) is 0 Å². The van der Waals surface area contributed by atoms with Crippen LogP contribution in [0.15, 0.2) is 29.2 Å². The number of rotatable bonds is 5. The first-order valence-corrected chi connectivity index (χ1v) is 11.8. The van der Waals surface area contributed by atoms with E-state index in [0.29, 0.717) is 22.8 Å². The van der Waals surface area contributed by atoms with Crippen LogP contribution in [0.25, 0.3) is 0 Å². The third-order valence-electron chi connectivity index (χ3n) is 6.72. The van der Waals surface area contributed by atoms with E-state index in [1.165, 1.54) is 50.6 Å². The van der Waals surface area contributed by atoms with Crippen molar-refractivity contribution in [3.05, 3.63) is 29.3 Å². The Morgan fingerprint density at radius 1 is 1.03 bits per heavy atom. The molecule has 0 spiro atoms. The molecule has 0 radical (unpaired) electrons. The van der Waals surface area contributed by atoms with Crippen LogP contribution in [0.4, 0.5) is 0 Å². The van der Waals surface area contributed by atoms with Crippen LogP contribution in [0.3, 0.4) is 0 Å². The number of hydrogen-bond acceptors (Lipinski definition) is 4. The summed E-state index contributed by atoms with van der Waals surface area (Å²) in [5.74, 6) is 1.16. The van der Waals surface area contributed by atoms with E-state index in [4.69, 9.17) is 11.6 Å². The second-order valence-electron chi connectivity index (χ2n) is 8.92. The second kappa shape index (κ2) is 7.56. The topological polar surface area (TPSA) is 95.6 Å². The van der Waals surface area contributed by atoms with Gasteiger partial charge in [0.15, 0.2) is 0 Å². The largest absolute Gasteiger partial charge is 0.273 e. The van der Waals surface area contributed by atoms with Gasteiger partial charge in [0, 0.05) is 12.1 Å². The van der Waals surface area contributed by atoms with Crippen LogP contribution in [0.2, 0.25) is 5.02 Å². The fourth-order valence-corrected chi connectivity index (χ4v) is 7.01. The number of hydrazine groups is 1. The van der Waals surface area contributed by atoms with E-state index >= 15 is 0 Å². The van der Waals surface area contributed by atoms with E-state index in [1.54, 1.807) is 0 Å². The Hall–Kier alpha value is -1.64. The SMILES string of the molecule is CN(CC(=O)NNC(=O)C12CC3CC(CC(C3)C1)C2)S(=O)(=O)c1ccc(Cl)cc1. The smallest absolute Gasteiger partial charge is 0.253 e. The van der Waals surface area contributed by atoms with Gasteiger partial charge in [-0.15, -0.1) is 0 Å². The number of amides is 2. The molecule has 2 N–H and O–H groups in total. The van der Waals surface area contributed by atoms with Gasteiger partial charge in [0.1, 0.15) is 0 Å². The fraction of sp³-hybridized carbons (Fsp3) is 0.600. The van der Waals surface area contributed by atoms with Crippen LogP contribution in [-0.4, -0.2) is 38.1 Å². The molecule has 4 aliphatic carbocycles. The Bertz CT molecular complexity index is 881. The van der Waals surface area contributed by atoms with Crippen molar-refractivity contribution in [1.29, 1.82) is 0 Å². The van der Waals surface area contributed by atoms with Gasteiger partial charge in [0.2, 0.25) is 15.9 Å². The zero-order chi connectivity index (χ0) is 20.8. The lowest BCUT2D eigenvalue weighted by molar-refractivity contribution is -0.148. The summed E-state index contributed by atoms with van der Waals surface area (Å²) in [5, 5.41) is 0.428. The predicted molar refractivity (Wildman–Crippen MR) is 108 cm³/mol. The monoisotopic (exact) mass is 439 g/mol. The lowest BCUT2D eigenvalue weighted by Gasteiger charge is -2.55. The van der Waals surface area contributed by atoms with Crippen molar-refractivity contribution in [2.75, 3.05) is 13.6 Å². The zero-order valence-electron chi connectivity index (χ0n) is 16.4. The van der Waals surface area contributed by atoms with Gasteiger partial charge in [-0.3, -0.25) is 20.4 Å². The quantitative estimate of drug-likeness (QED) is 0.688. The number of likely N-dealkylation sites (N-methyl/N-ethyl adjacent to an activating group) is 1. The van der Waals surface area contributed by atoms with Gasteiger partial charge in [-0.25, -0.2) is 8.42 Å². The van der Waals surface area contributed by atoms with Gasteiger partial charge < -0.3 is 0 Å². The summed E-state index contributed by atoms with van der Waals surface area (Å²) in [5.41, 5.74) is 4.60. The third-order valence-corrected chi connectivity index (χ3v) is 8.79. The maximum Gasteiger partial charge on any atom is 0.253 e. The predicted octanol–water partition coefficient (Wildman–Crippen LogP) is 2.32. The summed E-state index contributed by atoms with van der Waals surface area (Å²) in [6, 6.07) is 5.74. The van der Waals surface area contributed by atoms with Gasteiger partial charge in [0.05, 0.1) is 16.9 Å². The lowest BCUT2D eigenvalue weighted by Crippen LogP contribution is -2.57. The van der Waals surface area contributed by atoms with Crippen molar-refractivity contribution >= 4 is 33.4 Å². The molecule has 0 heterocycles. The summed E-state index contributed by atoms with van der Waals surface area (Å²) in [7, 11) is -2.50. The average molecular weight is 440 g/mol. The number of hydrogen-bond donors (Lipinski definition) is 2. The molecule has 0 atom stereocenters. The van der Waals surface area contributed by atoms with E-state index in [9.17, 15) is 18.0 Å². The molecule has 5 rings (SSSR count).